The molecule has 0 aliphatic carbocycles. The van der Waals surface area contributed by atoms with Crippen molar-refractivity contribution < 1.29 is 27.8 Å². The Hall–Kier alpha value is -2.07. The molecule has 1 saturated heterocycles. The predicted molar refractivity (Wildman–Crippen MR) is 72.5 cm³/mol. The zero-order valence-electron chi connectivity index (χ0n) is 12.5. The van der Waals surface area contributed by atoms with Crippen molar-refractivity contribution in [3.05, 3.63) is 33.1 Å². The summed E-state index contributed by atoms with van der Waals surface area (Å²) in [6, 6.07) is 0.990. The Balaban J connectivity index is 2.45. The zero-order chi connectivity index (χ0) is 17.2. The molecule has 0 amide bonds. The van der Waals surface area contributed by atoms with Crippen LogP contribution in [0.1, 0.15) is 13.2 Å². The number of nitrogens with zero attached hydrogens (tertiary/aromatic N) is 1. The van der Waals surface area contributed by atoms with E-state index < -0.39 is 54.6 Å². The summed E-state index contributed by atoms with van der Waals surface area (Å²) in [5, 5.41) is 0. The van der Waals surface area contributed by atoms with E-state index >= 15 is 0 Å². The molecule has 0 aromatic carbocycles. The summed E-state index contributed by atoms with van der Waals surface area (Å²) in [4.78, 5) is 36.0. The van der Waals surface area contributed by atoms with Gasteiger partial charge < -0.3 is 14.2 Å². The minimum atomic E-state index is -2.03. The fourth-order valence-electron chi connectivity index (χ4n) is 2.51. The highest BCUT2D eigenvalue weighted by Crippen LogP contribution is 2.41. The Labute approximate surface area is 129 Å². The molecule has 23 heavy (non-hydrogen) atoms. The van der Waals surface area contributed by atoms with Crippen LogP contribution in [0.2, 0.25) is 0 Å². The van der Waals surface area contributed by atoms with Crippen molar-refractivity contribution in [2.24, 2.45) is 0 Å². The minimum absolute atomic E-state index is 0.392. The molecule has 1 aromatic rings. The summed E-state index contributed by atoms with van der Waals surface area (Å²) in [6.07, 6.45) is -4.19. The fraction of sp³-hybridized carbons (Fsp3) is 0.615. The van der Waals surface area contributed by atoms with Gasteiger partial charge in [-0.25, -0.2) is 13.6 Å². The maximum absolute atomic E-state index is 14.7. The average molecular weight is 334 g/mol. The molecule has 1 aromatic heterocycles. The Morgan fingerprint density at radius 2 is 2.22 bits per heavy atom. The number of hydrogen-bond donors (Lipinski definition) is 1. The quantitative estimate of drug-likeness (QED) is 0.742. The Bertz CT molecular complexity index is 690. The van der Waals surface area contributed by atoms with Crippen LogP contribution in [0.5, 0.6) is 0 Å². The molecule has 1 aliphatic rings. The number of alkyl halides is 2. The zero-order valence-corrected chi connectivity index (χ0v) is 12.5. The summed E-state index contributed by atoms with van der Waals surface area (Å²) in [5.74, 6) is -0.829. The lowest BCUT2D eigenvalue weighted by molar-refractivity contribution is -0.172. The molecule has 0 radical (unpaired) electrons. The molecule has 128 valence electrons. The molecule has 0 unspecified atom stereocenters. The number of ether oxygens (including phenoxy) is 3. The smallest absolute Gasteiger partial charge is 0.330 e. The molecular formula is C13H16F2N2O6. The van der Waals surface area contributed by atoms with Gasteiger partial charge in [0.15, 0.2) is 24.1 Å². The SMILES string of the molecule is COC[C@@]1(CF)O[C@@H](n2ccc(=O)[nH]c2=O)[C@H](F)[C@@H]1OC(C)=O. The minimum Gasteiger partial charge on any atom is -0.456 e. The van der Waals surface area contributed by atoms with E-state index in [1.807, 2.05) is 4.98 Å². The predicted octanol–water partition coefficient (Wildman–Crippen LogP) is -0.310. The van der Waals surface area contributed by atoms with Crippen LogP contribution in [0.4, 0.5) is 8.78 Å². The van der Waals surface area contributed by atoms with Crippen LogP contribution in [0.15, 0.2) is 21.9 Å². The van der Waals surface area contributed by atoms with Crippen molar-refractivity contribution in [1.82, 2.24) is 9.55 Å². The maximum atomic E-state index is 14.7. The second-order valence-corrected chi connectivity index (χ2v) is 5.13. The summed E-state index contributed by atoms with van der Waals surface area (Å²) < 4.78 is 44.1. The molecule has 0 spiro atoms. The van der Waals surface area contributed by atoms with E-state index in [9.17, 15) is 23.2 Å². The highest BCUT2D eigenvalue weighted by atomic mass is 19.1. The second-order valence-electron chi connectivity index (χ2n) is 5.13. The highest BCUT2D eigenvalue weighted by molar-refractivity contribution is 5.66. The summed E-state index contributed by atoms with van der Waals surface area (Å²) >= 11 is 0. The van der Waals surface area contributed by atoms with E-state index in [-0.39, 0.29) is 0 Å². The number of carbonyl (C=O) groups is 1. The third kappa shape index (κ3) is 3.17. The van der Waals surface area contributed by atoms with Gasteiger partial charge in [-0.3, -0.25) is 19.1 Å². The Kier molecular flexibility index (Phi) is 4.95. The van der Waals surface area contributed by atoms with Crippen LogP contribution < -0.4 is 11.2 Å². The van der Waals surface area contributed by atoms with Crippen molar-refractivity contribution in [3.8, 4) is 0 Å². The number of nitrogens with one attached hydrogen (secondary N) is 1. The van der Waals surface area contributed by atoms with Crippen LogP contribution in [0.3, 0.4) is 0 Å². The number of halogens is 2. The topological polar surface area (TPSA) is 99.6 Å². The van der Waals surface area contributed by atoms with Gasteiger partial charge in [0, 0.05) is 26.3 Å². The largest absolute Gasteiger partial charge is 0.456 e. The summed E-state index contributed by atoms with van der Waals surface area (Å²) in [7, 11) is 1.25. The molecule has 1 N–H and O–H groups in total. The van der Waals surface area contributed by atoms with Crippen molar-refractivity contribution in [2.75, 3.05) is 20.4 Å². The van der Waals surface area contributed by atoms with Gasteiger partial charge in [-0.1, -0.05) is 0 Å². The number of carbonyl (C=O) groups excluding carboxylic acids is 1. The lowest BCUT2D eigenvalue weighted by atomic mass is 9.98. The molecular weight excluding hydrogens is 318 g/mol. The lowest BCUT2D eigenvalue weighted by Crippen LogP contribution is -2.50. The molecule has 1 fully saturated rings. The summed E-state index contributed by atoms with van der Waals surface area (Å²) in [6.45, 7) is -0.549. The van der Waals surface area contributed by atoms with Crippen LogP contribution in [-0.4, -0.2) is 53.8 Å². The van der Waals surface area contributed by atoms with Crippen molar-refractivity contribution in [1.29, 1.82) is 0 Å². The molecule has 8 nitrogen and oxygen atoms in total. The monoisotopic (exact) mass is 334 g/mol. The van der Waals surface area contributed by atoms with Gasteiger partial charge in [-0.2, -0.15) is 0 Å². The molecule has 10 heteroatoms. The molecule has 0 saturated carbocycles. The van der Waals surface area contributed by atoms with Gasteiger partial charge in [0.2, 0.25) is 0 Å². The van der Waals surface area contributed by atoms with Crippen LogP contribution in [0, 0.1) is 0 Å². The second kappa shape index (κ2) is 6.59. The number of methoxy groups -OCH3 is 1. The first-order valence-corrected chi connectivity index (χ1v) is 6.70. The van der Waals surface area contributed by atoms with Gasteiger partial charge in [-0.05, 0) is 0 Å². The van der Waals surface area contributed by atoms with E-state index in [1.54, 1.807) is 0 Å². The maximum Gasteiger partial charge on any atom is 0.330 e. The van der Waals surface area contributed by atoms with E-state index in [0.717, 1.165) is 23.8 Å². The molecule has 4 atom stereocenters. The van der Waals surface area contributed by atoms with Crippen molar-refractivity contribution >= 4 is 5.97 Å². The third-order valence-corrected chi connectivity index (χ3v) is 3.47. The van der Waals surface area contributed by atoms with E-state index in [2.05, 4.69) is 0 Å². The van der Waals surface area contributed by atoms with Crippen molar-refractivity contribution in [3.63, 3.8) is 0 Å². The van der Waals surface area contributed by atoms with Gasteiger partial charge in [0.1, 0.15) is 6.67 Å². The summed E-state index contributed by atoms with van der Waals surface area (Å²) in [5.41, 5.74) is -3.50. The van der Waals surface area contributed by atoms with Gasteiger partial charge in [0.05, 0.1) is 6.61 Å². The van der Waals surface area contributed by atoms with Crippen LogP contribution in [-0.2, 0) is 19.0 Å². The van der Waals surface area contributed by atoms with Gasteiger partial charge >= 0.3 is 11.7 Å². The highest BCUT2D eigenvalue weighted by Gasteiger charge is 2.59. The molecule has 2 heterocycles. The number of H-pyrrole nitrogens is 1. The van der Waals surface area contributed by atoms with Crippen molar-refractivity contribution in [2.45, 2.75) is 31.0 Å². The first-order valence-electron chi connectivity index (χ1n) is 6.70. The standard InChI is InChI=1S/C13H16F2N2O6/c1-7(18)22-10-9(15)11(23-13(10,5-14)6-21-2)17-4-3-8(19)16-12(17)20/h3-4,9-11H,5-6H2,1-2H3,(H,16,19,20)/t9-,10+,11-,13-/m1/s1. The van der Waals surface area contributed by atoms with E-state index in [1.165, 1.54) is 7.11 Å². The van der Waals surface area contributed by atoms with Crippen LogP contribution >= 0.6 is 0 Å². The first kappa shape index (κ1) is 17.3. The number of hydrogen-bond acceptors (Lipinski definition) is 6. The average Bonchev–Trinajstić information content (AvgIpc) is 2.74. The molecule has 1 aliphatic heterocycles. The molecule has 0 bridgehead atoms. The normalized spacial score (nSPS) is 30.3. The third-order valence-electron chi connectivity index (χ3n) is 3.47. The lowest BCUT2D eigenvalue weighted by Gasteiger charge is -2.30. The number of esters is 1. The van der Waals surface area contributed by atoms with E-state index in [4.69, 9.17) is 14.2 Å². The van der Waals surface area contributed by atoms with E-state index in [0.29, 0.717) is 0 Å². The number of aromatic amines is 1. The van der Waals surface area contributed by atoms with Crippen LogP contribution in [0.25, 0.3) is 0 Å². The van der Waals surface area contributed by atoms with Gasteiger partial charge in [-0.15, -0.1) is 0 Å². The molecule has 2 rings (SSSR count). The Morgan fingerprint density at radius 3 is 2.74 bits per heavy atom. The fourth-order valence-corrected chi connectivity index (χ4v) is 2.51. The number of rotatable bonds is 5. The first-order chi connectivity index (χ1) is 10.8. The Morgan fingerprint density at radius 1 is 1.52 bits per heavy atom. The number of aromatic nitrogens is 2. The van der Waals surface area contributed by atoms with Gasteiger partial charge in [0.25, 0.3) is 5.56 Å².